The summed E-state index contributed by atoms with van der Waals surface area (Å²) >= 11 is 5.69. The Kier molecular flexibility index (Phi) is 4.72. The predicted octanol–water partition coefficient (Wildman–Crippen LogP) is 1.90. The van der Waals surface area contributed by atoms with E-state index in [1.54, 1.807) is 7.05 Å². The summed E-state index contributed by atoms with van der Waals surface area (Å²) in [6, 6.07) is 1.23. The molecule has 0 bridgehead atoms. The highest BCUT2D eigenvalue weighted by Crippen LogP contribution is 2.38. The first-order valence-corrected chi connectivity index (χ1v) is 5.22. The summed E-state index contributed by atoms with van der Waals surface area (Å²) in [6.45, 7) is 0.0987. The Labute approximate surface area is 104 Å². The molecule has 0 fully saturated rings. The zero-order valence-electron chi connectivity index (χ0n) is 9.77. The number of likely N-dealkylation sites (N-methyl/N-ethyl adjacent to an activating group) is 1. The smallest absolute Gasteiger partial charge is 0.199 e. The molecule has 94 valence electrons. The highest BCUT2D eigenvalue weighted by Gasteiger charge is 2.22. The average molecular weight is 262 g/mol. The molecule has 0 spiro atoms. The molecular weight excluding hydrogens is 249 g/mol. The van der Waals surface area contributed by atoms with Crippen LogP contribution < -0.4 is 14.8 Å². The molecule has 0 heterocycles. The van der Waals surface area contributed by atoms with Crippen LogP contribution >= 0.6 is 11.6 Å². The summed E-state index contributed by atoms with van der Waals surface area (Å²) in [6.07, 6.45) is 0. The van der Waals surface area contributed by atoms with Gasteiger partial charge in [-0.1, -0.05) is 11.6 Å². The first kappa shape index (κ1) is 13.7. The van der Waals surface area contributed by atoms with Crippen LogP contribution in [0.3, 0.4) is 0 Å². The van der Waals surface area contributed by atoms with Crippen LogP contribution in [0.15, 0.2) is 6.07 Å². The molecule has 0 amide bonds. The summed E-state index contributed by atoms with van der Waals surface area (Å²) in [4.78, 5) is 11.8. The van der Waals surface area contributed by atoms with E-state index in [1.807, 2.05) is 0 Å². The minimum absolute atomic E-state index is 0.0506. The van der Waals surface area contributed by atoms with Crippen LogP contribution in [0, 0.1) is 5.82 Å². The largest absolute Gasteiger partial charge is 0.492 e. The zero-order valence-corrected chi connectivity index (χ0v) is 10.5. The van der Waals surface area contributed by atoms with Gasteiger partial charge in [0, 0.05) is 0 Å². The molecule has 0 aromatic heterocycles. The maximum atomic E-state index is 13.6. The second-order valence-electron chi connectivity index (χ2n) is 3.24. The molecule has 1 aromatic rings. The molecular formula is C11H13ClFNO3. The van der Waals surface area contributed by atoms with Gasteiger partial charge in [0.2, 0.25) is 0 Å². The lowest BCUT2D eigenvalue weighted by Gasteiger charge is -2.13. The Morgan fingerprint density at radius 1 is 1.41 bits per heavy atom. The lowest BCUT2D eigenvalue weighted by molar-refractivity contribution is 0.0990. The van der Waals surface area contributed by atoms with Gasteiger partial charge in [0.05, 0.1) is 31.4 Å². The number of Topliss-reactive ketones (excluding diaryl/α,β-unsaturated/α-hetero) is 1. The molecule has 1 N–H and O–H groups in total. The van der Waals surface area contributed by atoms with Crippen LogP contribution in [-0.4, -0.2) is 33.6 Å². The Bertz CT molecular complexity index is 437. The van der Waals surface area contributed by atoms with Crippen molar-refractivity contribution in [2.45, 2.75) is 0 Å². The van der Waals surface area contributed by atoms with E-state index in [-0.39, 0.29) is 34.4 Å². The van der Waals surface area contributed by atoms with E-state index >= 15 is 0 Å². The second-order valence-corrected chi connectivity index (χ2v) is 3.65. The molecule has 1 rings (SSSR count). The minimum atomic E-state index is -0.743. The summed E-state index contributed by atoms with van der Waals surface area (Å²) in [5.74, 6) is -1.12. The molecule has 6 heteroatoms. The Morgan fingerprint density at radius 2 is 2.00 bits per heavy atom. The van der Waals surface area contributed by atoms with E-state index in [2.05, 4.69) is 5.32 Å². The maximum absolute atomic E-state index is 13.6. The van der Waals surface area contributed by atoms with E-state index in [0.29, 0.717) is 0 Å². The van der Waals surface area contributed by atoms with Crippen LogP contribution in [0.2, 0.25) is 5.02 Å². The van der Waals surface area contributed by atoms with Gasteiger partial charge in [-0.15, -0.1) is 0 Å². The number of ether oxygens (including phenoxy) is 2. The van der Waals surface area contributed by atoms with Crippen molar-refractivity contribution in [1.82, 2.24) is 5.32 Å². The van der Waals surface area contributed by atoms with Crippen molar-refractivity contribution < 1.29 is 18.7 Å². The van der Waals surface area contributed by atoms with Crippen LogP contribution in [0.4, 0.5) is 4.39 Å². The van der Waals surface area contributed by atoms with Crippen LogP contribution in [0.25, 0.3) is 0 Å². The average Bonchev–Trinajstić information content (AvgIpc) is 2.32. The molecule has 0 unspecified atom stereocenters. The fraction of sp³-hybridized carbons (Fsp3) is 0.364. The van der Waals surface area contributed by atoms with E-state index < -0.39 is 5.82 Å². The minimum Gasteiger partial charge on any atom is -0.492 e. The van der Waals surface area contributed by atoms with E-state index in [9.17, 15) is 9.18 Å². The molecule has 17 heavy (non-hydrogen) atoms. The first-order chi connectivity index (χ1) is 8.06. The standard InChI is InChI=1S/C11H13ClFNO3/c1-14-5-8(15)6-4-7(12)9(13)11(17-3)10(6)16-2/h4,14H,5H2,1-3H3. The Balaban J connectivity index is 3.39. The third-order valence-electron chi connectivity index (χ3n) is 2.18. The SMILES string of the molecule is CNCC(=O)c1cc(Cl)c(F)c(OC)c1OC. The molecule has 1 aromatic carbocycles. The summed E-state index contributed by atoms with van der Waals surface area (Å²) in [5, 5.41) is 2.53. The topological polar surface area (TPSA) is 47.6 Å². The normalized spacial score (nSPS) is 10.2. The number of methoxy groups -OCH3 is 2. The summed E-state index contributed by atoms with van der Waals surface area (Å²) < 4.78 is 23.5. The number of ketones is 1. The quantitative estimate of drug-likeness (QED) is 0.823. The summed E-state index contributed by atoms with van der Waals surface area (Å²) in [7, 11) is 4.25. The van der Waals surface area contributed by atoms with Gasteiger partial charge in [0.1, 0.15) is 0 Å². The van der Waals surface area contributed by atoms with Gasteiger partial charge >= 0.3 is 0 Å². The highest BCUT2D eigenvalue weighted by molar-refractivity contribution is 6.31. The number of hydrogen-bond acceptors (Lipinski definition) is 4. The number of benzene rings is 1. The fourth-order valence-electron chi connectivity index (χ4n) is 1.43. The first-order valence-electron chi connectivity index (χ1n) is 4.84. The molecule has 0 atom stereocenters. The van der Waals surface area contributed by atoms with Crippen LogP contribution in [-0.2, 0) is 0 Å². The molecule has 0 saturated heterocycles. The number of carbonyl (C=O) groups is 1. The third kappa shape index (κ3) is 2.68. The van der Waals surface area contributed by atoms with E-state index in [4.69, 9.17) is 21.1 Å². The van der Waals surface area contributed by atoms with Crippen molar-refractivity contribution in [1.29, 1.82) is 0 Å². The van der Waals surface area contributed by atoms with Crippen molar-refractivity contribution in [2.24, 2.45) is 0 Å². The Hall–Kier alpha value is -1.33. The molecule has 0 aliphatic heterocycles. The van der Waals surface area contributed by atoms with Gasteiger partial charge in [-0.05, 0) is 13.1 Å². The molecule has 0 radical (unpaired) electrons. The van der Waals surface area contributed by atoms with Crippen LogP contribution in [0.5, 0.6) is 11.5 Å². The number of nitrogens with one attached hydrogen (secondary N) is 1. The van der Waals surface area contributed by atoms with Gasteiger partial charge in [0.15, 0.2) is 23.1 Å². The van der Waals surface area contributed by atoms with Crippen molar-refractivity contribution in [3.8, 4) is 11.5 Å². The zero-order chi connectivity index (χ0) is 13.0. The highest BCUT2D eigenvalue weighted by atomic mass is 35.5. The molecule has 0 aliphatic rings. The van der Waals surface area contributed by atoms with E-state index in [0.717, 1.165) is 0 Å². The van der Waals surface area contributed by atoms with Crippen molar-refractivity contribution >= 4 is 17.4 Å². The third-order valence-corrected chi connectivity index (χ3v) is 2.45. The van der Waals surface area contributed by atoms with Crippen molar-refractivity contribution in [3.05, 3.63) is 22.5 Å². The fourth-order valence-corrected chi connectivity index (χ4v) is 1.63. The number of hydrogen-bond donors (Lipinski definition) is 1. The van der Waals surface area contributed by atoms with Gasteiger partial charge in [-0.3, -0.25) is 4.79 Å². The Morgan fingerprint density at radius 3 is 2.47 bits per heavy atom. The number of halogens is 2. The monoisotopic (exact) mass is 261 g/mol. The van der Waals surface area contributed by atoms with Gasteiger partial charge < -0.3 is 14.8 Å². The van der Waals surface area contributed by atoms with Crippen LogP contribution in [0.1, 0.15) is 10.4 Å². The lowest BCUT2D eigenvalue weighted by Crippen LogP contribution is -2.19. The van der Waals surface area contributed by atoms with Gasteiger partial charge in [-0.25, -0.2) is 4.39 Å². The summed E-state index contributed by atoms with van der Waals surface area (Å²) in [5.41, 5.74) is 0.185. The van der Waals surface area contributed by atoms with Gasteiger partial charge in [-0.2, -0.15) is 0 Å². The predicted molar refractivity (Wildman–Crippen MR) is 62.8 cm³/mol. The molecule has 0 saturated carbocycles. The van der Waals surface area contributed by atoms with Gasteiger partial charge in [0.25, 0.3) is 0 Å². The van der Waals surface area contributed by atoms with Crippen molar-refractivity contribution in [2.75, 3.05) is 27.8 Å². The number of carbonyl (C=O) groups excluding carboxylic acids is 1. The molecule has 0 aliphatic carbocycles. The van der Waals surface area contributed by atoms with Crippen molar-refractivity contribution in [3.63, 3.8) is 0 Å². The number of rotatable bonds is 5. The maximum Gasteiger partial charge on any atom is 0.199 e. The van der Waals surface area contributed by atoms with E-state index in [1.165, 1.54) is 20.3 Å². The lowest BCUT2D eigenvalue weighted by atomic mass is 10.1. The molecule has 4 nitrogen and oxygen atoms in total. The second kappa shape index (κ2) is 5.84.